The van der Waals surface area contributed by atoms with E-state index >= 15 is 0 Å². The molecule has 1 heterocycles. The highest BCUT2D eigenvalue weighted by molar-refractivity contribution is 5.83. The molecule has 0 fully saturated rings. The second-order valence-electron chi connectivity index (χ2n) is 3.78. The van der Waals surface area contributed by atoms with E-state index in [9.17, 15) is 4.79 Å². The summed E-state index contributed by atoms with van der Waals surface area (Å²) < 4.78 is 5.55. The summed E-state index contributed by atoms with van der Waals surface area (Å²) in [6.45, 7) is 4.08. The highest BCUT2D eigenvalue weighted by atomic mass is 16.5. The van der Waals surface area contributed by atoms with Gasteiger partial charge in [0.25, 0.3) is 0 Å². The first-order chi connectivity index (χ1) is 7.31. The number of hydrogen-bond acceptors (Lipinski definition) is 2. The number of fused-ring (bicyclic) bond motifs is 1. The van der Waals surface area contributed by atoms with E-state index in [1.165, 1.54) is 0 Å². The van der Waals surface area contributed by atoms with Crippen molar-refractivity contribution in [1.29, 1.82) is 0 Å². The molecule has 2 nitrogen and oxygen atoms in total. The van der Waals surface area contributed by atoms with Gasteiger partial charge in [0.05, 0.1) is 12.5 Å². The van der Waals surface area contributed by atoms with Gasteiger partial charge in [-0.1, -0.05) is 24.3 Å². The predicted molar refractivity (Wildman–Crippen MR) is 59.0 cm³/mol. The van der Waals surface area contributed by atoms with Gasteiger partial charge >= 0.3 is 0 Å². The molecule has 1 unspecified atom stereocenters. The van der Waals surface area contributed by atoms with Gasteiger partial charge in [0.2, 0.25) is 0 Å². The standard InChI is InChI=1S/C13H14O2/c1-2-5-12(14)11-8-10-6-3-4-7-13(10)15-9-11/h2-4,6-7,11H,1,5,8-9H2. The molecule has 1 aliphatic rings. The van der Waals surface area contributed by atoms with Gasteiger partial charge in [-0.3, -0.25) is 4.79 Å². The molecule has 78 valence electrons. The van der Waals surface area contributed by atoms with Crippen molar-refractivity contribution in [1.82, 2.24) is 0 Å². The van der Waals surface area contributed by atoms with Crippen LogP contribution in [0.1, 0.15) is 12.0 Å². The zero-order valence-electron chi connectivity index (χ0n) is 8.61. The number of ketones is 1. The van der Waals surface area contributed by atoms with Crippen LogP contribution in [0.3, 0.4) is 0 Å². The minimum absolute atomic E-state index is 0.00194. The topological polar surface area (TPSA) is 26.3 Å². The summed E-state index contributed by atoms with van der Waals surface area (Å²) in [5.41, 5.74) is 1.13. The summed E-state index contributed by atoms with van der Waals surface area (Å²) in [4.78, 5) is 11.7. The first-order valence-corrected chi connectivity index (χ1v) is 5.15. The number of hydrogen-bond donors (Lipinski definition) is 0. The lowest BCUT2D eigenvalue weighted by atomic mass is 9.92. The molecule has 0 radical (unpaired) electrons. The Bertz CT molecular complexity index is 382. The monoisotopic (exact) mass is 202 g/mol. The SMILES string of the molecule is C=CCC(=O)C1COc2ccccc2C1. The van der Waals surface area contributed by atoms with Gasteiger partial charge in [0.15, 0.2) is 0 Å². The van der Waals surface area contributed by atoms with Crippen molar-refractivity contribution in [3.63, 3.8) is 0 Å². The van der Waals surface area contributed by atoms with Crippen molar-refractivity contribution in [2.75, 3.05) is 6.61 Å². The highest BCUT2D eigenvalue weighted by Crippen LogP contribution is 2.27. The zero-order chi connectivity index (χ0) is 10.7. The summed E-state index contributed by atoms with van der Waals surface area (Å²) in [7, 11) is 0. The van der Waals surface area contributed by atoms with Gasteiger partial charge in [-0.2, -0.15) is 0 Å². The zero-order valence-corrected chi connectivity index (χ0v) is 8.61. The van der Waals surface area contributed by atoms with Crippen LogP contribution in [-0.2, 0) is 11.2 Å². The number of ether oxygens (including phenoxy) is 1. The molecule has 0 aliphatic carbocycles. The molecule has 2 rings (SSSR count). The lowest BCUT2D eigenvalue weighted by Crippen LogP contribution is -2.27. The molecular weight excluding hydrogens is 188 g/mol. The van der Waals surface area contributed by atoms with E-state index in [0.717, 1.165) is 17.7 Å². The van der Waals surface area contributed by atoms with Crippen molar-refractivity contribution in [2.45, 2.75) is 12.8 Å². The van der Waals surface area contributed by atoms with Crippen LogP contribution >= 0.6 is 0 Å². The summed E-state index contributed by atoms with van der Waals surface area (Å²) in [6.07, 6.45) is 2.89. The molecule has 0 aromatic heterocycles. The molecule has 0 N–H and O–H groups in total. The van der Waals surface area contributed by atoms with Crippen LogP contribution in [0.2, 0.25) is 0 Å². The molecule has 0 bridgehead atoms. The second kappa shape index (κ2) is 4.30. The Hall–Kier alpha value is -1.57. The second-order valence-corrected chi connectivity index (χ2v) is 3.78. The molecule has 15 heavy (non-hydrogen) atoms. The number of rotatable bonds is 3. The smallest absolute Gasteiger partial charge is 0.143 e. The highest BCUT2D eigenvalue weighted by Gasteiger charge is 2.24. The Morgan fingerprint density at radius 1 is 1.53 bits per heavy atom. The molecule has 1 aromatic rings. The van der Waals surface area contributed by atoms with Crippen LogP contribution in [0.25, 0.3) is 0 Å². The number of carbonyl (C=O) groups is 1. The van der Waals surface area contributed by atoms with Crippen molar-refractivity contribution in [2.24, 2.45) is 5.92 Å². The summed E-state index contributed by atoms with van der Waals surface area (Å²) in [6, 6.07) is 7.89. The first-order valence-electron chi connectivity index (χ1n) is 5.15. The van der Waals surface area contributed by atoms with Gasteiger partial charge < -0.3 is 4.74 Å². The third kappa shape index (κ3) is 2.09. The van der Waals surface area contributed by atoms with E-state index in [4.69, 9.17) is 4.74 Å². The van der Waals surface area contributed by atoms with E-state index < -0.39 is 0 Å². The van der Waals surface area contributed by atoms with Crippen LogP contribution in [0.15, 0.2) is 36.9 Å². The number of benzene rings is 1. The summed E-state index contributed by atoms with van der Waals surface area (Å²) in [5.74, 6) is 1.14. The molecule has 0 spiro atoms. The lowest BCUT2D eigenvalue weighted by Gasteiger charge is -2.23. The Balaban J connectivity index is 2.11. The fourth-order valence-electron chi connectivity index (χ4n) is 1.84. The van der Waals surface area contributed by atoms with E-state index in [0.29, 0.717) is 13.0 Å². The number of Topliss-reactive ketones (excluding diaryl/α,β-unsaturated/α-hetero) is 1. The van der Waals surface area contributed by atoms with Crippen molar-refractivity contribution in [3.05, 3.63) is 42.5 Å². The van der Waals surface area contributed by atoms with Crippen LogP contribution in [0, 0.1) is 5.92 Å². The van der Waals surface area contributed by atoms with E-state index in [-0.39, 0.29) is 11.7 Å². The normalized spacial score (nSPS) is 18.8. The maximum atomic E-state index is 11.7. The Labute approximate surface area is 89.6 Å². The lowest BCUT2D eigenvalue weighted by molar-refractivity contribution is -0.123. The fraction of sp³-hybridized carbons (Fsp3) is 0.308. The summed E-state index contributed by atoms with van der Waals surface area (Å²) in [5, 5.41) is 0. The maximum absolute atomic E-state index is 11.7. The molecule has 1 aromatic carbocycles. The first kappa shape index (κ1) is 9.97. The Morgan fingerprint density at radius 3 is 3.13 bits per heavy atom. The molecule has 2 heteroatoms. The Kier molecular flexibility index (Phi) is 2.86. The van der Waals surface area contributed by atoms with Crippen molar-refractivity contribution in [3.8, 4) is 5.75 Å². The number of allylic oxidation sites excluding steroid dienone is 1. The Morgan fingerprint density at radius 2 is 2.33 bits per heavy atom. The predicted octanol–water partition coefficient (Wildman–Crippen LogP) is 2.38. The number of para-hydroxylation sites is 1. The maximum Gasteiger partial charge on any atom is 0.143 e. The van der Waals surface area contributed by atoms with E-state index in [1.807, 2.05) is 24.3 Å². The largest absolute Gasteiger partial charge is 0.493 e. The van der Waals surface area contributed by atoms with E-state index in [2.05, 4.69) is 6.58 Å². The summed E-state index contributed by atoms with van der Waals surface area (Å²) >= 11 is 0. The van der Waals surface area contributed by atoms with Gasteiger partial charge in [-0.15, -0.1) is 6.58 Å². The molecule has 1 atom stereocenters. The van der Waals surface area contributed by atoms with Gasteiger partial charge in [0.1, 0.15) is 11.5 Å². The third-order valence-electron chi connectivity index (χ3n) is 2.68. The van der Waals surface area contributed by atoms with E-state index in [1.54, 1.807) is 6.08 Å². The van der Waals surface area contributed by atoms with Gasteiger partial charge in [-0.25, -0.2) is 0 Å². The van der Waals surface area contributed by atoms with Gasteiger partial charge in [0, 0.05) is 6.42 Å². The molecule has 0 amide bonds. The fourth-order valence-corrected chi connectivity index (χ4v) is 1.84. The average Bonchev–Trinajstić information content (AvgIpc) is 2.29. The van der Waals surface area contributed by atoms with Gasteiger partial charge in [-0.05, 0) is 18.1 Å². The van der Waals surface area contributed by atoms with Crippen LogP contribution < -0.4 is 4.74 Å². The number of carbonyl (C=O) groups excluding carboxylic acids is 1. The minimum Gasteiger partial charge on any atom is -0.493 e. The van der Waals surface area contributed by atoms with Crippen molar-refractivity contribution >= 4 is 5.78 Å². The molecular formula is C13H14O2. The third-order valence-corrected chi connectivity index (χ3v) is 2.68. The molecule has 1 aliphatic heterocycles. The minimum atomic E-state index is -0.00194. The average molecular weight is 202 g/mol. The van der Waals surface area contributed by atoms with Crippen LogP contribution in [-0.4, -0.2) is 12.4 Å². The van der Waals surface area contributed by atoms with Crippen LogP contribution in [0.5, 0.6) is 5.75 Å². The molecule has 0 saturated heterocycles. The quantitative estimate of drug-likeness (QED) is 0.703. The molecule has 0 saturated carbocycles. The van der Waals surface area contributed by atoms with Crippen LogP contribution in [0.4, 0.5) is 0 Å². The van der Waals surface area contributed by atoms with Crippen molar-refractivity contribution < 1.29 is 9.53 Å².